The Kier molecular flexibility index (Phi) is 5.64. The number of halogens is 1. The third-order valence-electron chi connectivity index (χ3n) is 2.18. The Morgan fingerprint density at radius 1 is 1.53 bits per heavy atom. The maximum absolute atomic E-state index is 12.2. The fourth-order valence-electron chi connectivity index (χ4n) is 1.57. The first-order chi connectivity index (χ1) is 8.67. The number of hydrogen-bond acceptors (Lipinski definition) is 3. The first-order valence-corrected chi connectivity index (χ1v) is 7.42. The number of amides is 1. The van der Waals surface area contributed by atoms with Crippen LogP contribution in [0.25, 0.3) is 0 Å². The molecule has 1 amide bonds. The highest BCUT2D eigenvalue weighted by Gasteiger charge is 2.23. The van der Waals surface area contributed by atoms with Crippen molar-refractivity contribution in [2.45, 2.75) is 46.8 Å². The fraction of sp³-hybridized carbons (Fsp3) is 0.692. The molecule has 108 valence electrons. The van der Waals surface area contributed by atoms with Gasteiger partial charge in [0.25, 0.3) is 0 Å². The zero-order valence-corrected chi connectivity index (χ0v) is 14.3. The van der Waals surface area contributed by atoms with E-state index in [1.54, 1.807) is 11.1 Å². The van der Waals surface area contributed by atoms with Crippen molar-refractivity contribution in [3.8, 4) is 0 Å². The zero-order chi connectivity index (χ0) is 14.6. The standard InChI is InChI=1S/C13H22IN3O2/c1-9(2)7-17(12(18)19-13(3,4)5)8-11-15-6-10(14)16-11/h6,9H,7-8H2,1-5H3,(H,15,16). The van der Waals surface area contributed by atoms with Gasteiger partial charge in [-0.3, -0.25) is 0 Å². The lowest BCUT2D eigenvalue weighted by molar-refractivity contribution is 0.0206. The van der Waals surface area contributed by atoms with Gasteiger partial charge in [-0.2, -0.15) is 0 Å². The van der Waals surface area contributed by atoms with Crippen LogP contribution in [0.3, 0.4) is 0 Å². The summed E-state index contributed by atoms with van der Waals surface area (Å²) in [5, 5.41) is 0. The van der Waals surface area contributed by atoms with Gasteiger partial charge in [0.2, 0.25) is 0 Å². The molecular formula is C13H22IN3O2. The van der Waals surface area contributed by atoms with E-state index in [4.69, 9.17) is 4.74 Å². The van der Waals surface area contributed by atoms with Gasteiger partial charge in [-0.05, 0) is 49.3 Å². The molecule has 5 nitrogen and oxygen atoms in total. The Labute approximate surface area is 128 Å². The SMILES string of the molecule is CC(C)CN(Cc1ncc(I)[nH]1)C(=O)OC(C)(C)C. The Hall–Kier alpha value is -0.790. The molecule has 0 saturated carbocycles. The summed E-state index contributed by atoms with van der Waals surface area (Å²) in [6, 6.07) is 0. The molecular weight excluding hydrogens is 357 g/mol. The van der Waals surface area contributed by atoms with Crippen LogP contribution in [-0.4, -0.2) is 33.1 Å². The predicted molar refractivity (Wildman–Crippen MR) is 82.8 cm³/mol. The normalized spacial score (nSPS) is 11.7. The van der Waals surface area contributed by atoms with Crippen molar-refractivity contribution in [2.24, 2.45) is 5.92 Å². The highest BCUT2D eigenvalue weighted by molar-refractivity contribution is 14.1. The van der Waals surface area contributed by atoms with E-state index in [0.29, 0.717) is 19.0 Å². The lowest BCUT2D eigenvalue weighted by Crippen LogP contribution is -2.38. The van der Waals surface area contributed by atoms with Crippen LogP contribution in [0.15, 0.2) is 6.20 Å². The second-order valence-corrected chi connectivity index (χ2v) is 7.09. The van der Waals surface area contributed by atoms with E-state index in [0.717, 1.165) is 9.53 Å². The smallest absolute Gasteiger partial charge is 0.410 e. The predicted octanol–water partition coefficient (Wildman–Crippen LogP) is 3.41. The van der Waals surface area contributed by atoms with E-state index < -0.39 is 5.60 Å². The van der Waals surface area contributed by atoms with E-state index in [1.165, 1.54) is 0 Å². The number of nitrogens with zero attached hydrogens (tertiary/aromatic N) is 2. The number of nitrogens with one attached hydrogen (secondary N) is 1. The molecule has 0 saturated heterocycles. The molecule has 1 aromatic rings. The molecule has 0 fully saturated rings. The van der Waals surface area contributed by atoms with Gasteiger partial charge in [-0.25, -0.2) is 9.78 Å². The van der Waals surface area contributed by atoms with Crippen molar-refractivity contribution in [2.75, 3.05) is 6.54 Å². The maximum atomic E-state index is 12.2. The number of H-pyrrole nitrogens is 1. The summed E-state index contributed by atoms with van der Waals surface area (Å²) in [7, 11) is 0. The lowest BCUT2D eigenvalue weighted by atomic mass is 10.2. The van der Waals surface area contributed by atoms with E-state index in [2.05, 4.69) is 46.4 Å². The molecule has 6 heteroatoms. The van der Waals surface area contributed by atoms with Crippen LogP contribution in [0.1, 0.15) is 40.4 Å². The second-order valence-electron chi connectivity index (χ2n) is 5.93. The molecule has 19 heavy (non-hydrogen) atoms. The summed E-state index contributed by atoms with van der Waals surface area (Å²) in [6.07, 6.45) is 1.45. The number of aromatic nitrogens is 2. The van der Waals surface area contributed by atoms with Crippen LogP contribution in [0.2, 0.25) is 0 Å². The molecule has 0 aliphatic heterocycles. The van der Waals surface area contributed by atoms with Crippen LogP contribution < -0.4 is 0 Å². The minimum Gasteiger partial charge on any atom is -0.444 e. The van der Waals surface area contributed by atoms with Crippen molar-refractivity contribution in [1.29, 1.82) is 0 Å². The van der Waals surface area contributed by atoms with E-state index >= 15 is 0 Å². The maximum Gasteiger partial charge on any atom is 0.410 e. The molecule has 1 aromatic heterocycles. The third-order valence-corrected chi connectivity index (χ3v) is 2.72. The van der Waals surface area contributed by atoms with Crippen molar-refractivity contribution in [3.63, 3.8) is 0 Å². The third kappa shape index (κ3) is 6.26. The largest absolute Gasteiger partial charge is 0.444 e. The van der Waals surface area contributed by atoms with Crippen LogP contribution in [0, 0.1) is 9.62 Å². The molecule has 1 heterocycles. The second kappa shape index (κ2) is 6.58. The highest BCUT2D eigenvalue weighted by atomic mass is 127. The lowest BCUT2D eigenvalue weighted by Gasteiger charge is -2.28. The fourth-order valence-corrected chi connectivity index (χ4v) is 2.02. The molecule has 0 unspecified atom stereocenters. The Morgan fingerprint density at radius 2 is 2.16 bits per heavy atom. The van der Waals surface area contributed by atoms with Gasteiger partial charge in [-0.1, -0.05) is 13.8 Å². The summed E-state index contributed by atoms with van der Waals surface area (Å²) in [6.45, 7) is 10.8. The number of aromatic amines is 1. The van der Waals surface area contributed by atoms with Gasteiger partial charge in [0.15, 0.2) is 0 Å². The van der Waals surface area contributed by atoms with Gasteiger partial charge in [0.05, 0.1) is 16.4 Å². The topological polar surface area (TPSA) is 58.2 Å². The van der Waals surface area contributed by atoms with Gasteiger partial charge in [0.1, 0.15) is 11.4 Å². The molecule has 1 N–H and O–H groups in total. The van der Waals surface area contributed by atoms with Crippen LogP contribution in [0.4, 0.5) is 4.79 Å². The number of carbonyl (C=O) groups excluding carboxylic acids is 1. The Bertz CT molecular complexity index is 424. The minimum atomic E-state index is -0.482. The molecule has 0 spiro atoms. The first-order valence-electron chi connectivity index (χ1n) is 6.34. The van der Waals surface area contributed by atoms with Crippen molar-refractivity contribution < 1.29 is 9.53 Å². The number of hydrogen-bond donors (Lipinski definition) is 1. The van der Waals surface area contributed by atoms with Gasteiger partial charge in [-0.15, -0.1) is 0 Å². The first kappa shape index (κ1) is 16.3. The summed E-state index contributed by atoms with van der Waals surface area (Å²) < 4.78 is 6.38. The average Bonchev–Trinajstić information content (AvgIpc) is 2.59. The van der Waals surface area contributed by atoms with Crippen molar-refractivity contribution >= 4 is 28.7 Å². The van der Waals surface area contributed by atoms with Gasteiger partial charge in [0, 0.05) is 6.54 Å². The van der Waals surface area contributed by atoms with Gasteiger partial charge < -0.3 is 14.6 Å². The van der Waals surface area contributed by atoms with E-state index in [9.17, 15) is 4.79 Å². The highest BCUT2D eigenvalue weighted by Crippen LogP contribution is 2.13. The Balaban J connectivity index is 2.74. The number of rotatable bonds is 4. The summed E-state index contributed by atoms with van der Waals surface area (Å²) in [4.78, 5) is 21.2. The van der Waals surface area contributed by atoms with E-state index in [-0.39, 0.29) is 6.09 Å². The number of imidazole rings is 1. The molecule has 0 aliphatic rings. The van der Waals surface area contributed by atoms with Crippen LogP contribution in [0.5, 0.6) is 0 Å². The summed E-state index contributed by atoms with van der Waals surface area (Å²) >= 11 is 2.16. The van der Waals surface area contributed by atoms with Crippen molar-refractivity contribution in [1.82, 2.24) is 14.9 Å². The van der Waals surface area contributed by atoms with Crippen molar-refractivity contribution in [3.05, 3.63) is 15.7 Å². The molecule has 1 rings (SSSR count). The van der Waals surface area contributed by atoms with Crippen LogP contribution >= 0.6 is 22.6 Å². The molecule has 0 radical (unpaired) electrons. The average molecular weight is 379 g/mol. The zero-order valence-electron chi connectivity index (χ0n) is 12.2. The summed E-state index contributed by atoms with van der Waals surface area (Å²) in [5.74, 6) is 1.15. The monoisotopic (exact) mass is 379 g/mol. The van der Waals surface area contributed by atoms with Gasteiger partial charge >= 0.3 is 6.09 Å². The Morgan fingerprint density at radius 3 is 2.58 bits per heavy atom. The molecule has 0 bridgehead atoms. The summed E-state index contributed by atoms with van der Waals surface area (Å²) in [5.41, 5.74) is -0.482. The molecule has 0 aromatic carbocycles. The van der Waals surface area contributed by atoms with E-state index in [1.807, 2.05) is 20.8 Å². The quantitative estimate of drug-likeness (QED) is 0.816. The molecule has 0 atom stereocenters. The number of ether oxygens (including phenoxy) is 1. The number of carbonyl (C=O) groups is 1. The van der Waals surface area contributed by atoms with Crippen LogP contribution in [-0.2, 0) is 11.3 Å². The minimum absolute atomic E-state index is 0.299. The molecule has 0 aliphatic carbocycles.